The van der Waals surface area contributed by atoms with E-state index < -0.39 is 0 Å². The van der Waals surface area contributed by atoms with Crippen LogP contribution in [0.2, 0.25) is 5.02 Å². The molecule has 1 aromatic carbocycles. The van der Waals surface area contributed by atoms with E-state index >= 15 is 0 Å². The van der Waals surface area contributed by atoms with Gasteiger partial charge in [-0.2, -0.15) is 0 Å². The maximum absolute atomic E-state index is 12.6. The molecule has 0 spiro atoms. The van der Waals surface area contributed by atoms with Crippen LogP contribution in [0.25, 0.3) is 0 Å². The number of nitrogens with one attached hydrogen (secondary N) is 1. The van der Waals surface area contributed by atoms with Crippen molar-refractivity contribution in [1.29, 1.82) is 0 Å². The van der Waals surface area contributed by atoms with Gasteiger partial charge in [0.15, 0.2) is 0 Å². The number of benzene rings is 1. The van der Waals surface area contributed by atoms with Gasteiger partial charge >= 0.3 is 0 Å². The Morgan fingerprint density at radius 2 is 2.10 bits per heavy atom. The van der Waals surface area contributed by atoms with Crippen LogP contribution < -0.4 is 5.32 Å². The van der Waals surface area contributed by atoms with Crippen LogP contribution in [0.15, 0.2) is 22.7 Å². The van der Waals surface area contributed by atoms with Crippen molar-refractivity contribution in [3.05, 3.63) is 33.3 Å². The molecule has 20 heavy (non-hydrogen) atoms. The monoisotopic (exact) mass is 378 g/mol. The van der Waals surface area contributed by atoms with Gasteiger partial charge in [0.1, 0.15) is 0 Å². The van der Waals surface area contributed by atoms with Gasteiger partial charge in [-0.25, -0.2) is 0 Å². The van der Waals surface area contributed by atoms with Crippen molar-refractivity contribution in [2.75, 3.05) is 26.2 Å². The van der Waals surface area contributed by atoms with Gasteiger partial charge < -0.3 is 10.2 Å². The number of carbonyl (C=O) groups excluding carboxylic acids is 1. The minimum atomic E-state index is 0. The van der Waals surface area contributed by atoms with E-state index in [-0.39, 0.29) is 18.3 Å². The molecule has 0 bridgehead atoms. The second-order valence-electron chi connectivity index (χ2n) is 5.32. The lowest BCUT2D eigenvalue weighted by Gasteiger charge is -2.34. The fourth-order valence-corrected chi connectivity index (χ4v) is 3.63. The number of fused-ring (bicyclic) bond motifs is 1. The highest BCUT2D eigenvalue weighted by atomic mass is 79.9. The molecule has 2 atom stereocenters. The first-order valence-electron chi connectivity index (χ1n) is 6.61. The topological polar surface area (TPSA) is 32.3 Å². The Bertz CT molecular complexity index is 512. The van der Waals surface area contributed by atoms with E-state index in [2.05, 4.69) is 21.2 Å². The van der Waals surface area contributed by atoms with Gasteiger partial charge in [-0.15, -0.1) is 12.4 Å². The van der Waals surface area contributed by atoms with Gasteiger partial charge in [0.2, 0.25) is 0 Å². The van der Waals surface area contributed by atoms with Gasteiger partial charge in [-0.3, -0.25) is 4.79 Å². The average molecular weight is 380 g/mol. The number of carbonyl (C=O) groups is 1. The lowest BCUT2D eigenvalue weighted by Crippen LogP contribution is -2.43. The molecule has 2 saturated heterocycles. The van der Waals surface area contributed by atoms with Gasteiger partial charge in [-0.05, 0) is 59.4 Å². The summed E-state index contributed by atoms with van der Waals surface area (Å²) in [5.74, 6) is 1.39. The standard InChI is InChI=1S/C14H16BrClN2O.ClH/c15-12-3-1-2-11(13(12)16)14(19)18-5-4-9-6-17-7-10(9)8-18;/h1-3,9-10,17H,4-8H2;1H. The van der Waals surface area contributed by atoms with E-state index in [0.717, 1.165) is 43.0 Å². The lowest BCUT2D eigenvalue weighted by molar-refractivity contribution is 0.0642. The molecule has 1 aromatic rings. The van der Waals surface area contributed by atoms with Crippen molar-refractivity contribution in [2.24, 2.45) is 11.8 Å². The fourth-order valence-electron chi connectivity index (χ4n) is 3.06. The van der Waals surface area contributed by atoms with Crippen LogP contribution in [0.4, 0.5) is 0 Å². The SMILES string of the molecule is Cl.O=C(c1cccc(Br)c1Cl)N1CCC2CNCC2C1. The van der Waals surface area contributed by atoms with Crippen molar-refractivity contribution >= 4 is 45.8 Å². The van der Waals surface area contributed by atoms with Crippen molar-refractivity contribution in [2.45, 2.75) is 6.42 Å². The molecule has 1 N–H and O–H groups in total. The summed E-state index contributed by atoms with van der Waals surface area (Å²) in [4.78, 5) is 14.5. The summed E-state index contributed by atoms with van der Waals surface area (Å²) in [7, 11) is 0. The maximum atomic E-state index is 12.6. The number of hydrogen-bond acceptors (Lipinski definition) is 2. The van der Waals surface area contributed by atoms with Gasteiger partial charge in [0.05, 0.1) is 10.6 Å². The van der Waals surface area contributed by atoms with E-state index in [1.165, 1.54) is 0 Å². The molecule has 110 valence electrons. The zero-order valence-corrected chi connectivity index (χ0v) is 14.1. The summed E-state index contributed by atoms with van der Waals surface area (Å²) in [6.45, 7) is 3.81. The number of piperidine rings is 1. The summed E-state index contributed by atoms with van der Waals surface area (Å²) in [5.41, 5.74) is 0.598. The van der Waals surface area contributed by atoms with Gasteiger partial charge in [0, 0.05) is 17.6 Å². The Morgan fingerprint density at radius 1 is 1.35 bits per heavy atom. The third kappa shape index (κ3) is 2.98. The molecule has 2 heterocycles. The summed E-state index contributed by atoms with van der Waals surface area (Å²) in [6.07, 6.45) is 1.09. The summed E-state index contributed by atoms with van der Waals surface area (Å²) < 4.78 is 0.775. The molecule has 6 heteroatoms. The van der Waals surface area contributed by atoms with Crippen LogP contribution in [0.5, 0.6) is 0 Å². The van der Waals surface area contributed by atoms with Crippen molar-refractivity contribution in [1.82, 2.24) is 10.2 Å². The molecule has 2 aliphatic heterocycles. The lowest BCUT2D eigenvalue weighted by atomic mass is 9.88. The third-order valence-corrected chi connectivity index (χ3v) is 5.47. The highest BCUT2D eigenvalue weighted by Crippen LogP contribution is 2.30. The van der Waals surface area contributed by atoms with Gasteiger partial charge in [0.25, 0.3) is 5.91 Å². The number of hydrogen-bond donors (Lipinski definition) is 1. The Kier molecular flexibility index (Phi) is 5.35. The van der Waals surface area contributed by atoms with Crippen LogP contribution in [0.3, 0.4) is 0 Å². The molecule has 1 amide bonds. The molecule has 3 rings (SSSR count). The first-order chi connectivity index (χ1) is 9.16. The summed E-state index contributed by atoms with van der Waals surface area (Å²) in [6, 6.07) is 5.51. The second kappa shape index (κ2) is 6.65. The van der Waals surface area contributed by atoms with Crippen LogP contribution in [-0.2, 0) is 0 Å². The summed E-state index contributed by atoms with van der Waals surface area (Å²) >= 11 is 9.58. The quantitative estimate of drug-likeness (QED) is 0.812. The highest BCUT2D eigenvalue weighted by Gasteiger charge is 2.35. The second-order valence-corrected chi connectivity index (χ2v) is 6.55. The molecule has 3 nitrogen and oxygen atoms in total. The first kappa shape index (κ1) is 16.1. The van der Waals surface area contributed by atoms with E-state index in [1.807, 2.05) is 17.0 Å². The van der Waals surface area contributed by atoms with Crippen molar-refractivity contribution in [3.8, 4) is 0 Å². The van der Waals surface area contributed by atoms with Crippen molar-refractivity contribution in [3.63, 3.8) is 0 Å². The predicted molar refractivity (Wildman–Crippen MR) is 86.8 cm³/mol. The molecular formula is C14H17BrCl2N2O. The molecule has 2 fully saturated rings. The smallest absolute Gasteiger partial charge is 0.255 e. The zero-order valence-electron chi connectivity index (χ0n) is 10.9. The van der Waals surface area contributed by atoms with Crippen LogP contribution in [0, 0.1) is 11.8 Å². The largest absolute Gasteiger partial charge is 0.338 e. The van der Waals surface area contributed by atoms with Crippen LogP contribution in [-0.4, -0.2) is 37.0 Å². The molecule has 0 aromatic heterocycles. The van der Waals surface area contributed by atoms with E-state index in [0.29, 0.717) is 16.5 Å². The average Bonchev–Trinajstić information content (AvgIpc) is 2.88. The maximum Gasteiger partial charge on any atom is 0.255 e. The number of likely N-dealkylation sites (tertiary alicyclic amines) is 1. The van der Waals surface area contributed by atoms with E-state index in [4.69, 9.17) is 11.6 Å². The summed E-state index contributed by atoms with van der Waals surface area (Å²) in [5, 5.41) is 3.93. The minimum Gasteiger partial charge on any atom is -0.338 e. The minimum absolute atomic E-state index is 0. The Morgan fingerprint density at radius 3 is 2.90 bits per heavy atom. The fraction of sp³-hybridized carbons (Fsp3) is 0.500. The van der Waals surface area contributed by atoms with E-state index in [9.17, 15) is 4.79 Å². The predicted octanol–water partition coefficient (Wildman–Crippen LogP) is 3.21. The van der Waals surface area contributed by atoms with Crippen molar-refractivity contribution < 1.29 is 4.79 Å². The molecule has 0 saturated carbocycles. The van der Waals surface area contributed by atoms with Gasteiger partial charge in [-0.1, -0.05) is 17.7 Å². The molecule has 2 unspecified atom stereocenters. The Labute approximate surface area is 138 Å². The van der Waals surface area contributed by atoms with Crippen LogP contribution >= 0.6 is 39.9 Å². The Hall–Kier alpha value is -0.290. The molecular weight excluding hydrogens is 363 g/mol. The Balaban J connectivity index is 0.00000147. The normalized spacial score (nSPS) is 25.0. The molecule has 0 aliphatic carbocycles. The third-order valence-electron chi connectivity index (χ3n) is 4.17. The molecule has 2 aliphatic rings. The number of halogens is 3. The first-order valence-corrected chi connectivity index (χ1v) is 7.78. The highest BCUT2D eigenvalue weighted by molar-refractivity contribution is 9.10. The number of amides is 1. The molecule has 0 radical (unpaired) electrons. The van der Waals surface area contributed by atoms with E-state index in [1.54, 1.807) is 6.07 Å². The number of nitrogens with zero attached hydrogens (tertiary/aromatic N) is 1. The van der Waals surface area contributed by atoms with Crippen LogP contribution in [0.1, 0.15) is 16.8 Å². The zero-order chi connectivity index (χ0) is 13.4. The number of rotatable bonds is 1.